The van der Waals surface area contributed by atoms with Crippen molar-refractivity contribution < 1.29 is 8.78 Å². The van der Waals surface area contributed by atoms with Crippen LogP contribution >= 0.6 is 23.2 Å². The molecule has 0 aromatic heterocycles. The average molecular weight is 316 g/mol. The van der Waals surface area contributed by atoms with Crippen molar-refractivity contribution in [3.05, 3.63) is 63.1 Å². The van der Waals surface area contributed by atoms with Gasteiger partial charge in [0.15, 0.2) is 0 Å². The van der Waals surface area contributed by atoms with Crippen LogP contribution in [-0.4, -0.2) is 0 Å². The van der Waals surface area contributed by atoms with Gasteiger partial charge < -0.3 is 5.32 Å². The number of rotatable bonds is 3. The molecule has 0 spiro atoms. The van der Waals surface area contributed by atoms with Crippen LogP contribution in [0, 0.1) is 18.6 Å². The fourth-order valence-electron chi connectivity index (χ4n) is 1.86. The normalized spacial score (nSPS) is 12.3. The SMILES string of the molecule is Cc1cc(F)c(NC(C)c2ccc(Cl)c(Cl)c2)cc1F. The van der Waals surface area contributed by atoms with Crippen LogP contribution in [0.25, 0.3) is 0 Å². The predicted molar refractivity (Wildman–Crippen MR) is 79.6 cm³/mol. The summed E-state index contributed by atoms with van der Waals surface area (Å²) in [4.78, 5) is 0. The maximum Gasteiger partial charge on any atom is 0.146 e. The van der Waals surface area contributed by atoms with E-state index in [9.17, 15) is 8.78 Å². The smallest absolute Gasteiger partial charge is 0.146 e. The third kappa shape index (κ3) is 3.22. The third-order valence-electron chi connectivity index (χ3n) is 3.06. The van der Waals surface area contributed by atoms with Crippen LogP contribution in [0.3, 0.4) is 0 Å². The molecule has 0 aliphatic rings. The van der Waals surface area contributed by atoms with E-state index in [1.165, 1.54) is 13.0 Å². The molecule has 0 heterocycles. The minimum Gasteiger partial charge on any atom is -0.376 e. The minimum atomic E-state index is -0.490. The zero-order valence-corrected chi connectivity index (χ0v) is 12.5. The molecule has 1 unspecified atom stereocenters. The molecule has 1 nitrogen and oxygen atoms in total. The first-order valence-electron chi connectivity index (χ1n) is 6.05. The number of nitrogens with one attached hydrogen (secondary N) is 1. The van der Waals surface area contributed by atoms with Crippen LogP contribution in [0.15, 0.2) is 30.3 Å². The Balaban J connectivity index is 2.25. The second-order valence-corrected chi connectivity index (χ2v) is 5.44. The molecule has 1 atom stereocenters. The van der Waals surface area contributed by atoms with Crippen LogP contribution in [0.1, 0.15) is 24.1 Å². The first-order valence-corrected chi connectivity index (χ1v) is 6.81. The van der Waals surface area contributed by atoms with Crippen molar-refractivity contribution in [3.8, 4) is 0 Å². The van der Waals surface area contributed by atoms with Gasteiger partial charge in [-0.25, -0.2) is 8.78 Å². The van der Waals surface area contributed by atoms with Gasteiger partial charge >= 0.3 is 0 Å². The monoisotopic (exact) mass is 315 g/mol. The van der Waals surface area contributed by atoms with E-state index in [-0.39, 0.29) is 17.3 Å². The van der Waals surface area contributed by atoms with Gasteiger partial charge in [0.2, 0.25) is 0 Å². The van der Waals surface area contributed by atoms with Crippen molar-refractivity contribution >= 4 is 28.9 Å². The standard InChI is InChI=1S/C15H13Cl2F2N/c1-8-5-14(19)15(7-13(8)18)20-9(2)10-3-4-11(16)12(17)6-10/h3-7,9,20H,1-2H3. The van der Waals surface area contributed by atoms with Gasteiger partial charge in [-0.2, -0.15) is 0 Å². The lowest BCUT2D eigenvalue weighted by Crippen LogP contribution is -2.08. The van der Waals surface area contributed by atoms with E-state index in [0.717, 1.165) is 11.6 Å². The summed E-state index contributed by atoms with van der Waals surface area (Å²) >= 11 is 11.8. The summed E-state index contributed by atoms with van der Waals surface area (Å²) in [6, 6.07) is 7.24. The predicted octanol–water partition coefficient (Wildman–Crippen LogP) is 5.75. The Morgan fingerprint density at radius 3 is 2.35 bits per heavy atom. The highest BCUT2D eigenvalue weighted by atomic mass is 35.5. The average Bonchev–Trinajstić information content (AvgIpc) is 2.39. The molecular formula is C15H13Cl2F2N. The molecule has 106 valence electrons. The maximum absolute atomic E-state index is 13.8. The van der Waals surface area contributed by atoms with E-state index in [2.05, 4.69) is 5.32 Å². The maximum atomic E-state index is 13.8. The summed E-state index contributed by atoms with van der Waals surface area (Å²) in [7, 11) is 0. The van der Waals surface area contributed by atoms with Gasteiger partial charge in [-0.3, -0.25) is 0 Å². The second kappa shape index (κ2) is 5.98. The second-order valence-electron chi connectivity index (χ2n) is 4.62. The van der Waals surface area contributed by atoms with Gasteiger partial charge in [-0.05, 0) is 43.2 Å². The third-order valence-corrected chi connectivity index (χ3v) is 3.80. The summed E-state index contributed by atoms with van der Waals surface area (Å²) in [6.45, 7) is 3.35. The van der Waals surface area contributed by atoms with Crippen molar-refractivity contribution in [1.82, 2.24) is 0 Å². The lowest BCUT2D eigenvalue weighted by molar-refractivity contribution is 0.593. The van der Waals surface area contributed by atoms with Crippen LogP contribution in [0.5, 0.6) is 0 Å². The highest BCUT2D eigenvalue weighted by molar-refractivity contribution is 6.42. The molecule has 2 rings (SSSR count). The molecule has 0 aliphatic heterocycles. The van der Waals surface area contributed by atoms with Crippen molar-refractivity contribution in [3.63, 3.8) is 0 Å². The summed E-state index contributed by atoms with van der Waals surface area (Å²) < 4.78 is 27.3. The molecular weight excluding hydrogens is 303 g/mol. The molecule has 0 amide bonds. The van der Waals surface area contributed by atoms with Crippen LogP contribution < -0.4 is 5.32 Å². The van der Waals surface area contributed by atoms with E-state index < -0.39 is 11.6 Å². The first kappa shape index (κ1) is 15.1. The highest BCUT2D eigenvalue weighted by Gasteiger charge is 2.12. The van der Waals surface area contributed by atoms with Gasteiger partial charge in [0, 0.05) is 12.1 Å². The Morgan fingerprint density at radius 1 is 1.00 bits per heavy atom. The Kier molecular flexibility index (Phi) is 4.51. The molecule has 0 fully saturated rings. The Morgan fingerprint density at radius 2 is 1.70 bits per heavy atom. The van der Waals surface area contributed by atoms with Gasteiger partial charge in [-0.15, -0.1) is 0 Å². The van der Waals surface area contributed by atoms with Crippen molar-refractivity contribution in [2.24, 2.45) is 0 Å². The fourth-order valence-corrected chi connectivity index (χ4v) is 2.16. The van der Waals surface area contributed by atoms with Crippen molar-refractivity contribution in [2.45, 2.75) is 19.9 Å². The first-order chi connectivity index (χ1) is 9.38. The van der Waals surface area contributed by atoms with Gasteiger partial charge in [0.25, 0.3) is 0 Å². The topological polar surface area (TPSA) is 12.0 Å². The zero-order chi connectivity index (χ0) is 14.9. The number of halogens is 4. The quantitative estimate of drug-likeness (QED) is 0.760. The molecule has 5 heteroatoms. The number of hydrogen-bond acceptors (Lipinski definition) is 1. The lowest BCUT2D eigenvalue weighted by atomic mass is 10.1. The van der Waals surface area contributed by atoms with E-state index >= 15 is 0 Å². The fraction of sp³-hybridized carbons (Fsp3) is 0.200. The molecule has 0 bridgehead atoms. The van der Waals surface area contributed by atoms with Crippen molar-refractivity contribution in [2.75, 3.05) is 5.32 Å². The van der Waals surface area contributed by atoms with E-state index in [0.29, 0.717) is 10.0 Å². The van der Waals surface area contributed by atoms with Crippen molar-refractivity contribution in [1.29, 1.82) is 0 Å². The summed E-state index contributed by atoms with van der Waals surface area (Å²) in [5.41, 5.74) is 1.22. The van der Waals surface area contributed by atoms with E-state index in [1.54, 1.807) is 18.2 Å². The van der Waals surface area contributed by atoms with Crippen LogP contribution in [0.4, 0.5) is 14.5 Å². The highest BCUT2D eigenvalue weighted by Crippen LogP contribution is 2.28. The van der Waals surface area contributed by atoms with Gasteiger partial charge in [0.1, 0.15) is 11.6 Å². The number of aryl methyl sites for hydroxylation is 1. The molecule has 0 saturated carbocycles. The minimum absolute atomic E-state index is 0.117. The van der Waals surface area contributed by atoms with E-state index in [4.69, 9.17) is 23.2 Å². The van der Waals surface area contributed by atoms with Crippen LogP contribution in [-0.2, 0) is 0 Å². The number of anilines is 1. The zero-order valence-electron chi connectivity index (χ0n) is 11.0. The molecule has 1 N–H and O–H groups in total. The number of benzene rings is 2. The van der Waals surface area contributed by atoms with Crippen LogP contribution in [0.2, 0.25) is 10.0 Å². The molecule has 2 aromatic rings. The lowest BCUT2D eigenvalue weighted by Gasteiger charge is -2.17. The molecule has 0 aliphatic carbocycles. The Hall–Kier alpha value is -1.32. The molecule has 20 heavy (non-hydrogen) atoms. The summed E-state index contributed by atoms with van der Waals surface area (Å²) in [5.74, 6) is -0.939. The van der Waals surface area contributed by atoms with Gasteiger partial charge in [-0.1, -0.05) is 29.3 Å². The number of hydrogen-bond donors (Lipinski definition) is 1. The molecule has 0 radical (unpaired) electrons. The Labute approximate surface area is 126 Å². The molecule has 2 aromatic carbocycles. The van der Waals surface area contributed by atoms with Gasteiger partial charge in [0.05, 0.1) is 15.7 Å². The molecule has 0 saturated heterocycles. The largest absolute Gasteiger partial charge is 0.376 e. The summed E-state index contributed by atoms with van der Waals surface area (Å²) in [5, 5.41) is 3.80. The Bertz CT molecular complexity index is 644. The summed E-state index contributed by atoms with van der Waals surface area (Å²) in [6.07, 6.45) is 0. The van der Waals surface area contributed by atoms with E-state index in [1.807, 2.05) is 6.92 Å².